The molecule has 140 valence electrons. The van der Waals surface area contributed by atoms with Gasteiger partial charge in [-0.05, 0) is 35.7 Å². The summed E-state index contributed by atoms with van der Waals surface area (Å²) >= 11 is 0. The van der Waals surface area contributed by atoms with E-state index in [1.165, 1.54) is 12.1 Å². The summed E-state index contributed by atoms with van der Waals surface area (Å²) in [4.78, 5) is 16.0. The molecule has 1 N–H and O–H groups in total. The van der Waals surface area contributed by atoms with Crippen LogP contribution in [0.3, 0.4) is 0 Å². The lowest BCUT2D eigenvalue weighted by Crippen LogP contribution is -2.28. The molecule has 4 nitrogen and oxygen atoms in total. The molecule has 2 rings (SSSR count). The number of alkyl halides is 3. The van der Waals surface area contributed by atoms with Gasteiger partial charge in [0, 0.05) is 19.2 Å². The molecule has 1 amide bonds. The highest BCUT2D eigenvalue weighted by molar-refractivity contribution is 5.92. The third kappa shape index (κ3) is 6.06. The van der Waals surface area contributed by atoms with E-state index in [9.17, 15) is 18.0 Å². The zero-order valence-electron chi connectivity index (χ0n) is 14.6. The highest BCUT2D eigenvalue weighted by atomic mass is 19.4. The molecule has 0 aliphatic heterocycles. The first-order valence-corrected chi connectivity index (χ1v) is 8.29. The van der Waals surface area contributed by atoms with E-state index < -0.39 is 11.7 Å². The zero-order chi connectivity index (χ0) is 19.2. The maximum atomic E-state index is 12.7. The second kappa shape index (κ2) is 8.69. The first-order valence-electron chi connectivity index (χ1n) is 8.29. The summed E-state index contributed by atoms with van der Waals surface area (Å²) in [5.41, 5.74) is 0.416. The van der Waals surface area contributed by atoms with E-state index in [2.05, 4.69) is 10.3 Å². The molecule has 1 heterocycles. The Labute approximate surface area is 150 Å². The van der Waals surface area contributed by atoms with Gasteiger partial charge in [-0.2, -0.15) is 13.2 Å². The van der Waals surface area contributed by atoms with Crippen LogP contribution in [-0.2, 0) is 12.6 Å². The van der Waals surface area contributed by atoms with Crippen molar-refractivity contribution >= 4 is 5.91 Å². The summed E-state index contributed by atoms with van der Waals surface area (Å²) in [6, 6.07) is 8.14. The Morgan fingerprint density at radius 1 is 1.23 bits per heavy atom. The maximum absolute atomic E-state index is 12.7. The van der Waals surface area contributed by atoms with E-state index in [-0.39, 0.29) is 18.3 Å². The van der Waals surface area contributed by atoms with E-state index >= 15 is 0 Å². The lowest BCUT2D eigenvalue weighted by molar-refractivity contribution is -0.137. The third-order valence-electron chi connectivity index (χ3n) is 3.55. The Morgan fingerprint density at radius 2 is 2.00 bits per heavy atom. The smallest absolute Gasteiger partial charge is 0.416 e. The van der Waals surface area contributed by atoms with Crippen LogP contribution in [0.2, 0.25) is 0 Å². The minimum absolute atomic E-state index is 0.164. The van der Waals surface area contributed by atoms with E-state index in [1.807, 2.05) is 13.8 Å². The molecular weight excluding hydrogens is 345 g/mol. The molecule has 0 saturated carbocycles. The summed E-state index contributed by atoms with van der Waals surface area (Å²) < 4.78 is 43.4. The van der Waals surface area contributed by atoms with Gasteiger partial charge in [0.15, 0.2) is 0 Å². The molecule has 0 bridgehead atoms. The first kappa shape index (κ1) is 19.8. The van der Waals surface area contributed by atoms with Crippen LogP contribution in [-0.4, -0.2) is 24.0 Å². The van der Waals surface area contributed by atoms with E-state index in [0.29, 0.717) is 24.6 Å². The number of aromatic nitrogens is 1. The number of benzene rings is 1. The quantitative estimate of drug-likeness (QED) is 0.802. The van der Waals surface area contributed by atoms with Crippen LogP contribution in [0.5, 0.6) is 5.75 Å². The number of carbonyl (C=O) groups is 1. The van der Waals surface area contributed by atoms with Crippen molar-refractivity contribution in [2.75, 3.05) is 13.2 Å². The van der Waals surface area contributed by atoms with Crippen molar-refractivity contribution < 1.29 is 22.7 Å². The highest BCUT2D eigenvalue weighted by Gasteiger charge is 2.30. The van der Waals surface area contributed by atoms with Gasteiger partial charge in [-0.25, -0.2) is 0 Å². The molecule has 2 aromatic rings. The summed E-state index contributed by atoms with van der Waals surface area (Å²) in [6.07, 6.45) is -2.35. The number of carbonyl (C=O) groups excluding carboxylic acids is 1. The normalized spacial score (nSPS) is 11.5. The summed E-state index contributed by atoms with van der Waals surface area (Å²) in [6.45, 7) is 4.79. The summed E-state index contributed by atoms with van der Waals surface area (Å²) in [7, 11) is 0. The molecule has 0 radical (unpaired) electrons. The number of hydrogen-bond donors (Lipinski definition) is 1. The van der Waals surface area contributed by atoms with Crippen LogP contribution in [0.25, 0.3) is 0 Å². The number of rotatable bonds is 7. The van der Waals surface area contributed by atoms with Crippen molar-refractivity contribution in [3.05, 3.63) is 59.4 Å². The fourth-order valence-electron chi connectivity index (χ4n) is 2.14. The number of halogens is 3. The summed E-state index contributed by atoms with van der Waals surface area (Å²) in [5.74, 6) is 0.286. The van der Waals surface area contributed by atoms with Crippen LogP contribution in [0.15, 0.2) is 42.6 Å². The molecule has 0 unspecified atom stereocenters. The van der Waals surface area contributed by atoms with Gasteiger partial charge in [-0.3, -0.25) is 9.78 Å². The lowest BCUT2D eigenvalue weighted by atomic mass is 10.2. The molecule has 1 aromatic carbocycles. The zero-order valence-corrected chi connectivity index (χ0v) is 14.6. The number of ether oxygens (including phenoxy) is 1. The molecule has 26 heavy (non-hydrogen) atoms. The van der Waals surface area contributed by atoms with Gasteiger partial charge in [0.25, 0.3) is 5.91 Å². The van der Waals surface area contributed by atoms with Crippen LogP contribution >= 0.6 is 0 Å². The Balaban J connectivity index is 1.86. The second-order valence-corrected chi connectivity index (χ2v) is 6.28. The molecular formula is C19H21F3N2O2. The van der Waals surface area contributed by atoms with Crippen molar-refractivity contribution in [3.8, 4) is 5.75 Å². The predicted molar refractivity (Wildman–Crippen MR) is 92.1 cm³/mol. The Morgan fingerprint density at radius 3 is 2.62 bits per heavy atom. The number of hydrogen-bond acceptors (Lipinski definition) is 3. The van der Waals surface area contributed by atoms with Crippen molar-refractivity contribution in [3.63, 3.8) is 0 Å². The minimum atomic E-state index is -4.39. The standard InChI is InChI=1S/C19H21F3N2O2/c1-13(2)11-24-18(25)17-7-6-14(12-23-17)8-9-26-16-5-3-4-15(10-16)19(20,21)22/h3-7,10,12-13H,8-9,11H2,1-2H3,(H,24,25). The van der Waals surface area contributed by atoms with Gasteiger partial charge >= 0.3 is 6.18 Å². The molecule has 0 aliphatic carbocycles. The van der Waals surface area contributed by atoms with Crippen molar-refractivity contribution in [1.82, 2.24) is 10.3 Å². The predicted octanol–water partition coefficient (Wildman–Crippen LogP) is 4.11. The SMILES string of the molecule is CC(C)CNC(=O)c1ccc(CCOc2cccc(C(F)(F)F)c2)cn1. The number of amides is 1. The molecule has 0 saturated heterocycles. The van der Waals surface area contributed by atoms with E-state index in [4.69, 9.17) is 4.74 Å². The Hall–Kier alpha value is -2.57. The average molecular weight is 366 g/mol. The monoisotopic (exact) mass is 366 g/mol. The fraction of sp³-hybridized carbons (Fsp3) is 0.368. The van der Waals surface area contributed by atoms with E-state index in [1.54, 1.807) is 18.3 Å². The van der Waals surface area contributed by atoms with Crippen molar-refractivity contribution in [2.45, 2.75) is 26.4 Å². The molecule has 7 heteroatoms. The first-order chi connectivity index (χ1) is 12.3. The highest BCUT2D eigenvalue weighted by Crippen LogP contribution is 2.31. The largest absolute Gasteiger partial charge is 0.493 e. The van der Waals surface area contributed by atoms with Gasteiger partial charge in [0.2, 0.25) is 0 Å². The molecule has 0 spiro atoms. The van der Waals surface area contributed by atoms with Crippen LogP contribution in [0.4, 0.5) is 13.2 Å². The van der Waals surface area contributed by atoms with Crippen LogP contribution in [0, 0.1) is 5.92 Å². The Bertz CT molecular complexity index is 728. The second-order valence-electron chi connectivity index (χ2n) is 6.28. The van der Waals surface area contributed by atoms with E-state index in [0.717, 1.165) is 17.7 Å². The Kier molecular flexibility index (Phi) is 6.60. The van der Waals surface area contributed by atoms with Gasteiger partial charge in [-0.1, -0.05) is 26.0 Å². The van der Waals surface area contributed by atoms with Crippen LogP contribution in [0.1, 0.15) is 35.5 Å². The van der Waals surface area contributed by atoms with Gasteiger partial charge in [-0.15, -0.1) is 0 Å². The molecule has 0 atom stereocenters. The van der Waals surface area contributed by atoms with Gasteiger partial charge in [0.1, 0.15) is 11.4 Å². The molecule has 0 fully saturated rings. The molecule has 1 aromatic heterocycles. The van der Waals surface area contributed by atoms with Crippen molar-refractivity contribution in [2.24, 2.45) is 5.92 Å². The minimum Gasteiger partial charge on any atom is -0.493 e. The number of pyridine rings is 1. The topological polar surface area (TPSA) is 51.2 Å². The average Bonchev–Trinajstić information content (AvgIpc) is 2.60. The maximum Gasteiger partial charge on any atom is 0.416 e. The van der Waals surface area contributed by atoms with Gasteiger partial charge in [0.05, 0.1) is 12.2 Å². The van der Waals surface area contributed by atoms with Crippen molar-refractivity contribution in [1.29, 1.82) is 0 Å². The number of nitrogens with zero attached hydrogens (tertiary/aromatic N) is 1. The van der Waals surface area contributed by atoms with Gasteiger partial charge < -0.3 is 10.1 Å². The number of nitrogens with one attached hydrogen (secondary N) is 1. The summed E-state index contributed by atoms with van der Waals surface area (Å²) in [5, 5.41) is 2.78. The fourth-order valence-corrected chi connectivity index (χ4v) is 2.14. The molecule has 0 aliphatic rings. The van der Waals surface area contributed by atoms with Crippen LogP contribution < -0.4 is 10.1 Å². The lowest BCUT2D eigenvalue weighted by Gasteiger charge is -2.10. The third-order valence-corrected chi connectivity index (χ3v) is 3.55.